The molecule has 0 saturated carbocycles. The van der Waals surface area contributed by atoms with E-state index in [4.69, 9.17) is 12.2 Å². The fourth-order valence-electron chi connectivity index (χ4n) is 1.80. The molecular weight excluding hydrogens is 281 g/mol. The summed E-state index contributed by atoms with van der Waals surface area (Å²) < 4.78 is 38.4. The molecule has 0 aliphatic rings. The van der Waals surface area contributed by atoms with Gasteiger partial charge in [0.1, 0.15) is 0 Å². The summed E-state index contributed by atoms with van der Waals surface area (Å²) in [6, 6.07) is 5.66. The molecule has 0 amide bonds. The van der Waals surface area contributed by atoms with Gasteiger partial charge in [0.25, 0.3) is 0 Å². The van der Waals surface area contributed by atoms with Crippen molar-refractivity contribution in [3.8, 4) is 0 Å². The molecule has 0 bridgehead atoms. The number of aromatic amines is 1. The van der Waals surface area contributed by atoms with Crippen LogP contribution in [0.3, 0.4) is 0 Å². The Balaban J connectivity index is 2.26. The first-order valence-electron chi connectivity index (χ1n) is 5.27. The Bertz CT molecular complexity index is 613. The standard InChI is InChI=1S/C11H11F3N2S2/c1-7-3-2-4-8-9(7)15-10(17)16(8)5-6-18-11(12,13)14/h2-4H,5-6H2,1H3,(H,15,17). The van der Waals surface area contributed by atoms with Crippen LogP contribution in [0.15, 0.2) is 18.2 Å². The van der Waals surface area contributed by atoms with Crippen LogP contribution >= 0.6 is 24.0 Å². The largest absolute Gasteiger partial charge is 0.441 e. The minimum Gasteiger partial charge on any atom is -0.330 e. The van der Waals surface area contributed by atoms with E-state index in [9.17, 15) is 13.2 Å². The number of nitrogens with zero attached hydrogens (tertiary/aromatic N) is 1. The quantitative estimate of drug-likeness (QED) is 0.853. The molecule has 1 aromatic carbocycles. The summed E-state index contributed by atoms with van der Waals surface area (Å²) in [6.07, 6.45) is 0. The van der Waals surface area contributed by atoms with E-state index < -0.39 is 5.51 Å². The molecule has 0 atom stereocenters. The maximum Gasteiger partial charge on any atom is 0.441 e. The third-order valence-corrected chi connectivity index (χ3v) is 3.64. The van der Waals surface area contributed by atoms with Gasteiger partial charge in [0.15, 0.2) is 4.77 Å². The summed E-state index contributed by atoms with van der Waals surface area (Å²) in [5.41, 5.74) is -1.42. The lowest BCUT2D eigenvalue weighted by atomic mass is 10.2. The van der Waals surface area contributed by atoms with E-state index in [0.29, 0.717) is 4.77 Å². The lowest BCUT2D eigenvalue weighted by molar-refractivity contribution is -0.0328. The van der Waals surface area contributed by atoms with Gasteiger partial charge < -0.3 is 9.55 Å². The van der Waals surface area contributed by atoms with Crippen LogP contribution in [-0.4, -0.2) is 20.8 Å². The Morgan fingerprint density at radius 1 is 1.39 bits per heavy atom. The topological polar surface area (TPSA) is 20.7 Å². The second-order valence-electron chi connectivity index (χ2n) is 3.85. The molecule has 1 N–H and O–H groups in total. The number of imidazole rings is 1. The van der Waals surface area contributed by atoms with Gasteiger partial charge in [-0.1, -0.05) is 12.1 Å². The van der Waals surface area contributed by atoms with Crippen LogP contribution in [0, 0.1) is 11.7 Å². The summed E-state index contributed by atoms with van der Waals surface area (Å²) in [7, 11) is 0. The zero-order chi connectivity index (χ0) is 13.3. The number of nitrogens with one attached hydrogen (secondary N) is 1. The molecule has 0 saturated heterocycles. The van der Waals surface area contributed by atoms with Crippen LogP contribution in [-0.2, 0) is 6.54 Å². The van der Waals surface area contributed by atoms with E-state index >= 15 is 0 Å². The number of aromatic nitrogens is 2. The number of hydrogen-bond donors (Lipinski definition) is 1. The van der Waals surface area contributed by atoms with Crippen molar-refractivity contribution in [3.05, 3.63) is 28.5 Å². The summed E-state index contributed by atoms with van der Waals surface area (Å²) in [5, 5.41) is 0. The van der Waals surface area contributed by atoms with Crippen molar-refractivity contribution in [2.24, 2.45) is 0 Å². The molecule has 0 unspecified atom stereocenters. The van der Waals surface area contributed by atoms with Crippen molar-refractivity contribution >= 4 is 35.0 Å². The minimum absolute atomic E-state index is 0.0278. The van der Waals surface area contributed by atoms with E-state index in [2.05, 4.69) is 4.98 Å². The lowest BCUT2D eigenvalue weighted by Crippen LogP contribution is -2.07. The Labute approximate surface area is 111 Å². The second-order valence-corrected chi connectivity index (χ2v) is 5.39. The molecule has 1 heterocycles. The van der Waals surface area contributed by atoms with Crippen LogP contribution in [0.5, 0.6) is 0 Å². The number of aryl methyl sites for hydroxylation is 2. The maximum atomic E-state index is 12.1. The van der Waals surface area contributed by atoms with Gasteiger partial charge >= 0.3 is 5.51 Å². The molecule has 0 aliphatic carbocycles. The van der Waals surface area contributed by atoms with Gasteiger partial charge in [-0.05, 0) is 42.5 Å². The number of thioether (sulfide) groups is 1. The molecule has 0 radical (unpaired) electrons. The van der Waals surface area contributed by atoms with Crippen molar-refractivity contribution < 1.29 is 13.2 Å². The van der Waals surface area contributed by atoms with E-state index in [1.54, 1.807) is 4.57 Å². The molecule has 0 spiro atoms. The zero-order valence-electron chi connectivity index (χ0n) is 9.54. The Morgan fingerprint density at radius 3 is 2.78 bits per heavy atom. The monoisotopic (exact) mass is 292 g/mol. The third-order valence-electron chi connectivity index (χ3n) is 2.60. The van der Waals surface area contributed by atoms with E-state index in [1.165, 1.54) is 0 Å². The average molecular weight is 292 g/mol. The van der Waals surface area contributed by atoms with Crippen molar-refractivity contribution in [1.29, 1.82) is 0 Å². The molecule has 2 aromatic rings. The summed E-state index contributed by atoms with van der Waals surface area (Å²) >= 11 is 5.11. The number of halogens is 3. The van der Waals surface area contributed by atoms with Gasteiger partial charge in [-0.3, -0.25) is 0 Å². The first-order valence-corrected chi connectivity index (χ1v) is 6.67. The molecule has 98 valence electrons. The highest BCUT2D eigenvalue weighted by Crippen LogP contribution is 2.30. The molecular formula is C11H11F3N2S2. The second kappa shape index (κ2) is 4.97. The van der Waals surface area contributed by atoms with E-state index in [-0.39, 0.29) is 24.1 Å². The SMILES string of the molecule is Cc1cccc2c1[nH]c(=S)n2CCSC(F)(F)F. The third kappa shape index (κ3) is 2.89. The number of benzene rings is 1. The number of alkyl halides is 3. The van der Waals surface area contributed by atoms with Crippen LogP contribution in [0.2, 0.25) is 0 Å². The molecule has 0 aliphatic heterocycles. The molecule has 0 fully saturated rings. The van der Waals surface area contributed by atoms with Gasteiger partial charge in [-0.25, -0.2) is 0 Å². The van der Waals surface area contributed by atoms with E-state index in [1.807, 2.05) is 25.1 Å². The summed E-state index contributed by atoms with van der Waals surface area (Å²) in [5.74, 6) is -0.0430. The summed E-state index contributed by atoms with van der Waals surface area (Å²) in [4.78, 5) is 3.03. The van der Waals surface area contributed by atoms with Crippen LogP contribution in [0.25, 0.3) is 11.0 Å². The zero-order valence-corrected chi connectivity index (χ0v) is 11.2. The first-order chi connectivity index (χ1) is 8.38. The average Bonchev–Trinajstić information content (AvgIpc) is 2.56. The Kier molecular flexibility index (Phi) is 3.72. The Hall–Kier alpha value is -0.950. The van der Waals surface area contributed by atoms with E-state index in [0.717, 1.165) is 16.6 Å². The van der Waals surface area contributed by atoms with Gasteiger partial charge in [0.05, 0.1) is 11.0 Å². The highest BCUT2D eigenvalue weighted by molar-refractivity contribution is 8.00. The van der Waals surface area contributed by atoms with Gasteiger partial charge in [0.2, 0.25) is 0 Å². The smallest absolute Gasteiger partial charge is 0.330 e. The normalized spacial score (nSPS) is 12.2. The fraction of sp³-hybridized carbons (Fsp3) is 0.364. The highest BCUT2D eigenvalue weighted by atomic mass is 32.2. The first kappa shape index (κ1) is 13.5. The summed E-state index contributed by atoms with van der Waals surface area (Å²) in [6.45, 7) is 2.18. The lowest BCUT2D eigenvalue weighted by Gasteiger charge is -2.07. The van der Waals surface area contributed by atoms with Crippen LogP contribution in [0.4, 0.5) is 13.2 Å². The minimum atomic E-state index is -4.19. The van der Waals surface area contributed by atoms with Gasteiger partial charge in [0, 0.05) is 12.3 Å². The number of hydrogen-bond acceptors (Lipinski definition) is 2. The van der Waals surface area contributed by atoms with Crippen molar-refractivity contribution in [3.63, 3.8) is 0 Å². The van der Waals surface area contributed by atoms with Crippen molar-refractivity contribution in [1.82, 2.24) is 9.55 Å². The fourth-order valence-corrected chi connectivity index (χ4v) is 2.60. The highest BCUT2D eigenvalue weighted by Gasteiger charge is 2.27. The van der Waals surface area contributed by atoms with Crippen LogP contribution < -0.4 is 0 Å². The predicted molar refractivity (Wildman–Crippen MR) is 70.4 cm³/mol. The number of fused-ring (bicyclic) bond motifs is 1. The molecule has 1 aromatic heterocycles. The predicted octanol–water partition coefficient (Wildman–Crippen LogP) is 4.26. The number of para-hydroxylation sites is 1. The number of H-pyrrole nitrogens is 1. The van der Waals surface area contributed by atoms with Crippen molar-refractivity contribution in [2.75, 3.05) is 5.75 Å². The molecule has 2 nitrogen and oxygen atoms in total. The molecule has 2 rings (SSSR count). The molecule has 18 heavy (non-hydrogen) atoms. The number of rotatable bonds is 3. The van der Waals surface area contributed by atoms with Crippen LogP contribution in [0.1, 0.15) is 5.56 Å². The van der Waals surface area contributed by atoms with Gasteiger partial charge in [-0.2, -0.15) is 13.2 Å². The maximum absolute atomic E-state index is 12.1. The molecule has 7 heteroatoms. The van der Waals surface area contributed by atoms with Crippen molar-refractivity contribution in [2.45, 2.75) is 19.0 Å². The van der Waals surface area contributed by atoms with Gasteiger partial charge in [-0.15, -0.1) is 0 Å². The Morgan fingerprint density at radius 2 is 2.11 bits per heavy atom.